The fourth-order valence-electron chi connectivity index (χ4n) is 3.50. The van der Waals surface area contributed by atoms with Crippen LogP contribution in [0.4, 0.5) is 18.9 Å². The molecular weight excluding hydrogens is 423 g/mol. The third-order valence-corrected chi connectivity index (χ3v) is 5.43. The molecule has 1 aliphatic heterocycles. The number of anilines is 1. The lowest BCUT2D eigenvalue weighted by Crippen LogP contribution is -2.54. The highest BCUT2D eigenvalue weighted by molar-refractivity contribution is 5.94. The SMILES string of the molecule is Cc1ccc(CC(=O)N2CCN(C(C)C(=O)Nc3ccc(OC(F)(F)F)cc3)CC2)cc1. The molecule has 3 rings (SSSR count). The van der Waals surface area contributed by atoms with E-state index in [4.69, 9.17) is 0 Å². The molecule has 2 aromatic carbocycles. The number of carbonyl (C=O) groups excluding carboxylic acids is 2. The molecule has 0 saturated carbocycles. The first-order valence-electron chi connectivity index (χ1n) is 10.3. The zero-order chi connectivity index (χ0) is 23.3. The van der Waals surface area contributed by atoms with Crippen molar-refractivity contribution in [2.24, 2.45) is 0 Å². The Morgan fingerprint density at radius 1 is 1.00 bits per heavy atom. The van der Waals surface area contributed by atoms with Gasteiger partial charge in [0, 0.05) is 31.9 Å². The van der Waals surface area contributed by atoms with E-state index in [2.05, 4.69) is 10.1 Å². The van der Waals surface area contributed by atoms with E-state index in [-0.39, 0.29) is 17.6 Å². The lowest BCUT2D eigenvalue weighted by molar-refractivity contribution is -0.274. The summed E-state index contributed by atoms with van der Waals surface area (Å²) in [5.74, 6) is -0.560. The number of aryl methyl sites for hydroxylation is 1. The van der Waals surface area contributed by atoms with E-state index in [0.717, 1.165) is 23.3 Å². The van der Waals surface area contributed by atoms with Gasteiger partial charge in [0.25, 0.3) is 0 Å². The van der Waals surface area contributed by atoms with Crippen molar-refractivity contribution in [2.75, 3.05) is 31.5 Å². The number of carbonyl (C=O) groups is 2. The number of nitrogens with one attached hydrogen (secondary N) is 1. The first kappa shape index (κ1) is 23.6. The Bertz CT molecular complexity index is 922. The molecule has 1 fully saturated rings. The molecule has 1 N–H and O–H groups in total. The number of amides is 2. The van der Waals surface area contributed by atoms with Gasteiger partial charge in [-0.25, -0.2) is 0 Å². The second-order valence-corrected chi connectivity index (χ2v) is 7.82. The summed E-state index contributed by atoms with van der Waals surface area (Å²) in [5.41, 5.74) is 2.50. The van der Waals surface area contributed by atoms with Crippen LogP contribution in [0.15, 0.2) is 48.5 Å². The maximum Gasteiger partial charge on any atom is 0.573 e. The maximum atomic E-state index is 12.6. The highest BCUT2D eigenvalue weighted by atomic mass is 19.4. The van der Waals surface area contributed by atoms with Gasteiger partial charge in [0.15, 0.2) is 0 Å². The van der Waals surface area contributed by atoms with Gasteiger partial charge >= 0.3 is 6.36 Å². The fraction of sp³-hybridized carbons (Fsp3) is 0.391. The number of hydrogen-bond donors (Lipinski definition) is 1. The van der Waals surface area contributed by atoms with Crippen molar-refractivity contribution in [3.8, 4) is 5.75 Å². The summed E-state index contributed by atoms with van der Waals surface area (Å²) < 4.78 is 40.6. The number of rotatable bonds is 6. The third-order valence-electron chi connectivity index (χ3n) is 5.43. The van der Waals surface area contributed by atoms with Gasteiger partial charge in [-0.2, -0.15) is 0 Å². The number of halogens is 3. The monoisotopic (exact) mass is 449 g/mol. The van der Waals surface area contributed by atoms with Crippen molar-refractivity contribution in [3.05, 3.63) is 59.7 Å². The van der Waals surface area contributed by atoms with E-state index >= 15 is 0 Å². The largest absolute Gasteiger partial charge is 0.573 e. The molecule has 172 valence electrons. The Kier molecular flexibility index (Phi) is 7.40. The number of benzene rings is 2. The van der Waals surface area contributed by atoms with E-state index in [1.54, 1.807) is 11.8 Å². The van der Waals surface area contributed by atoms with Crippen LogP contribution in [0.25, 0.3) is 0 Å². The Morgan fingerprint density at radius 2 is 1.59 bits per heavy atom. The molecule has 0 aliphatic carbocycles. The van der Waals surface area contributed by atoms with E-state index in [1.807, 2.05) is 36.1 Å². The molecule has 0 radical (unpaired) electrons. The molecule has 1 heterocycles. The summed E-state index contributed by atoms with van der Waals surface area (Å²) in [6.07, 6.45) is -4.41. The van der Waals surface area contributed by atoms with Gasteiger partial charge in [0.1, 0.15) is 5.75 Å². The smallest absolute Gasteiger partial charge is 0.406 e. The number of alkyl halides is 3. The molecule has 2 amide bonds. The lowest BCUT2D eigenvalue weighted by Gasteiger charge is -2.37. The van der Waals surface area contributed by atoms with Crippen LogP contribution >= 0.6 is 0 Å². The minimum Gasteiger partial charge on any atom is -0.406 e. The number of hydrogen-bond acceptors (Lipinski definition) is 4. The average Bonchev–Trinajstić information content (AvgIpc) is 2.75. The zero-order valence-corrected chi connectivity index (χ0v) is 18.0. The Morgan fingerprint density at radius 3 is 2.16 bits per heavy atom. The molecule has 2 aromatic rings. The standard InChI is InChI=1S/C23H26F3N3O3/c1-16-3-5-18(6-4-16)15-21(30)29-13-11-28(12-14-29)17(2)22(31)27-19-7-9-20(10-8-19)32-23(24,25)26/h3-10,17H,11-15H2,1-2H3,(H,27,31). The van der Waals surface area contributed by atoms with Crippen molar-refractivity contribution in [1.29, 1.82) is 0 Å². The highest BCUT2D eigenvalue weighted by Crippen LogP contribution is 2.24. The normalized spacial score (nSPS) is 15.8. The van der Waals surface area contributed by atoms with E-state index < -0.39 is 12.4 Å². The summed E-state index contributed by atoms with van der Waals surface area (Å²) >= 11 is 0. The van der Waals surface area contributed by atoms with Crippen molar-refractivity contribution in [1.82, 2.24) is 9.80 Å². The second kappa shape index (κ2) is 10.0. The van der Waals surface area contributed by atoms with Crippen LogP contribution in [0.3, 0.4) is 0 Å². The van der Waals surface area contributed by atoms with Gasteiger partial charge in [-0.1, -0.05) is 29.8 Å². The van der Waals surface area contributed by atoms with Gasteiger partial charge in [-0.15, -0.1) is 13.2 Å². The molecule has 6 nitrogen and oxygen atoms in total. The number of ether oxygens (including phenoxy) is 1. The Hall–Kier alpha value is -3.07. The third kappa shape index (κ3) is 6.71. The molecule has 0 spiro atoms. The molecule has 1 unspecified atom stereocenters. The van der Waals surface area contributed by atoms with Crippen molar-refractivity contribution in [3.63, 3.8) is 0 Å². The topological polar surface area (TPSA) is 61.9 Å². The van der Waals surface area contributed by atoms with Crippen LogP contribution in [-0.2, 0) is 16.0 Å². The minimum absolute atomic E-state index is 0.0618. The van der Waals surface area contributed by atoms with E-state index in [9.17, 15) is 22.8 Å². The second-order valence-electron chi connectivity index (χ2n) is 7.82. The highest BCUT2D eigenvalue weighted by Gasteiger charge is 2.31. The summed E-state index contributed by atoms with van der Waals surface area (Å²) in [4.78, 5) is 28.9. The van der Waals surface area contributed by atoms with Gasteiger partial charge in [-0.3, -0.25) is 14.5 Å². The molecule has 32 heavy (non-hydrogen) atoms. The maximum absolute atomic E-state index is 12.6. The van der Waals surface area contributed by atoms with Gasteiger partial charge in [0.2, 0.25) is 11.8 Å². The Labute approximate surface area is 184 Å². The molecule has 0 aromatic heterocycles. The van der Waals surface area contributed by atoms with Crippen molar-refractivity contribution < 1.29 is 27.5 Å². The lowest BCUT2D eigenvalue weighted by atomic mass is 10.1. The predicted octanol–water partition coefficient (Wildman–Crippen LogP) is 3.61. The van der Waals surface area contributed by atoms with Crippen LogP contribution in [0.1, 0.15) is 18.1 Å². The van der Waals surface area contributed by atoms with Crippen molar-refractivity contribution in [2.45, 2.75) is 32.7 Å². The first-order chi connectivity index (χ1) is 15.1. The molecule has 1 aliphatic rings. The number of piperazine rings is 1. The van der Waals surface area contributed by atoms with E-state index in [0.29, 0.717) is 38.3 Å². The van der Waals surface area contributed by atoms with Crippen LogP contribution < -0.4 is 10.1 Å². The fourth-order valence-corrected chi connectivity index (χ4v) is 3.50. The zero-order valence-electron chi connectivity index (χ0n) is 18.0. The quantitative estimate of drug-likeness (QED) is 0.732. The minimum atomic E-state index is -4.76. The van der Waals surface area contributed by atoms with Crippen LogP contribution in [-0.4, -0.2) is 60.2 Å². The van der Waals surface area contributed by atoms with Crippen LogP contribution in [0.2, 0.25) is 0 Å². The first-order valence-corrected chi connectivity index (χ1v) is 10.3. The van der Waals surface area contributed by atoms with Crippen molar-refractivity contribution >= 4 is 17.5 Å². The number of nitrogens with zero attached hydrogens (tertiary/aromatic N) is 2. The predicted molar refractivity (Wildman–Crippen MR) is 114 cm³/mol. The molecule has 0 bridgehead atoms. The van der Waals surface area contributed by atoms with Gasteiger partial charge < -0.3 is 15.0 Å². The molecule has 9 heteroatoms. The van der Waals surface area contributed by atoms with Crippen LogP contribution in [0.5, 0.6) is 5.75 Å². The van der Waals surface area contributed by atoms with Crippen LogP contribution in [0, 0.1) is 6.92 Å². The molecule has 1 atom stereocenters. The average molecular weight is 449 g/mol. The van der Waals surface area contributed by atoms with Gasteiger partial charge in [0.05, 0.1) is 12.5 Å². The summed E-state index contributed by atoms with van der Waals surface area (Å²) in [6.45, 7) is 5.95. The summed E-state index contributed by atoms with van der Waals surface area (Å²) in [7, 11) is 0. The summed E-state index contributed by atoms with van der Waals surface area (Å²) in [6, 6.07) is 12.4. The van der Waals surface area contributed by atoms with Gasteiger partial charge in [-0.05, 0) is 43.7 Å². The van der Waals surface area contributed by atoms with E-state index in [1.165, 1.54) is 12.1 Å². The Balaban J connectivity index is 1.47. The molecule has 1 saturated heterocycles. The molecular formula is C23H26F3N3O3. The summed E-state index contributed by atoms with van der Waals surface area (Å²) in [5, 5.41) is 2.70.